The maximum atomic E-state index is 13.7. The highest BCUT2D eigenvalue weighted by Gasteiger charge is 2.34. The summed E-state index contributed by atoms with van der Waals surface area (Å²) in [6.45, 7) is 4.43. The summed E-state index contributed by atoms with van der Waals surface area (Å²) in [6.07, 6.45) is -0.0275. The monoisotopic (exact) mass is 562 g/mol. The fourth-order valence-electron chi connectivity index (χ4n) is 4.15. The first kappa shape index (κ1) is 28.6. The highest BCUT2D eigenvalue weighted by atomic mass is 32.2. The van der Waals surface area contributed by atoms with Crippen LogP contribution in [-0.2, 0) is 18.5 Å². The number of allylic oxidation sites excluding steroid dienone is 1. The van der Waals surface area contributed by atoms with E-state index in [0.29, 0.717) is 34.5 Å². The van der Waals surface area contributed by atoms with Crippen molar-refractivity contribution in [1.29, 1.82) is 5.26 Å². The van der Waals surface area contributed by atoms with E-state index in [1.54, 1.807) is 65.5 Å². The fraction of sp³-hybridized carbons (Fsp3) is 0.200. The zero-order valence-corrected chi connectivity index (χ0v) is 22.8. The molecule has 2 aromatic carbocycles. The second-order valence-corrected chi connectivity index (χ2v) is 9.69. The summed E-state index contributed by atoms with van der Waals surface area (Å²) in [5.41, 5.74) is 2.30. The first-order valence-electron chi connectivity index (χ1n) is 12.3. The molecular weight excluding hydrogens is 537 g/mol. The number of methoxy groups -OCH3 is 1. The second kappa shape index (κ2) is 12.2. The first-order valence-corrected chi connectivity index (χ1v) is 13.3. The molecule has 2 heterocycles. The molecule has 0 spiro atoms. The van der Waals surface area contributed by atoms with Crippen LogP contribution < -0.4 is 4.74 Å². The van der Waals surface area contributed by atoms with Gasteiger partial charge in [0.1, 0.15) is 22.5 Å². The summed E-state index contributed by atoms with van der Waals surface area (Å²) in [7, 11) is 1.49. The van der Waals surface area contributed by atoms with Gasteiger partial charge in [-0.1, -0.05) is 42.5 Å². The maximum absolute atomic E-state index is 13.7. The van der Waals surface area contributed by atoms with Gasteiger partial charge in [-0.05, 0) is 49.2 Å². The van der Waals surface area contributed by atoms with E-state index >= 15 is 0 Å². The number of ketones is 1. The Bertz CT molecular complexity index is 1610. The highest BCUT2D eigenvalue weighted by molar-refractivity contribution is 7.98. The topological polar surface area (TPSA) is 80.8 Å². The van der Waals surface area contributed by atoms with E-state index in [4.69, 9.17) is 4.74 Å². The van der Waals surface area contributed by atoms with Crippen molar-refractivity contribution in [1.82, 2.24) is 14.8 Å². The van der Waals surface area contributed by atoms with E-state index in [2.05, 4.69) is 10.1 Å². The quantitative estimate of drug-likeness (QED) is 0.120. The van der Waals surface area contributed by atoms with Gasteiger partial charge in [0.2, 0.25) is 0 Å². The van der Waals surface area contributed by atoms with Gasteiger partial charge in [-0.3, -0.25) is 9.48 Å². The molecule has 0 saturated heterocycles. The number of pyridine rings is 1. The van der Waals surface area contributed by atoms with Crippen LogP contribution in [0.1, 0.15) is 45.4 Å². The minimum Gasteiger partial charge on any atom is -0.496 e. The Kier molecular flexibility index (Phi) is 8.75. The number of rotatable bonds is 9. The lowest BCUT2D eigenvalue weighted by Crippen LogP contribution is -2.10. The average Bonchev–Trinajstić information content (AvgIpc) is 3.34. The lowest BCUT2D eigenvalue weighted by Gasteiger charge is -2.15. The first-order chi connectivity index (χ1) is 19.2. The van der Waals surface area contributed by atoms with Crippen molar-refractivity contribution < 1.29 is 22.7 Å². The molecule has 204 valence electrons. The molecule has 0 unspecified atom stereocenters. The number of nitriles is 1. The molecule has 40 heavy (non-hydrogen) atoms. The molecule has 0 aliphatic carbocycles. The van der Waals surface area contributed by atoms with E-state index in [0.717, 1.165) is 23.5 Å². The Hall–Kier alpha value is -4.36. The van der Waals surface area contributed by atoms with E-state index in [9.17, 15) is 23.2 Å². The van der Waals surface area contributed by atoms with Crippen molar-refractivity contribution in [2.45, 2.75) is 37.3 Å². The molecule has 0 saturated carbocycles. The molecule has 0 fully saturated rings. The minimum atomic E-state index is -4.69. The van der Waals surface area contributed by atoms with Crippen LogP contribution >= 0.6 is 11.8 Å². The molecule has 0 aliphatic rings. The van der Waals surface area contributed by atoms with Crippen molar-refractivity contribution in [3.05, 3.63) is 101 Å². The number of alkyl halides is 3. The van der Waals surface area contributed by atoms with E-state index in [1.165, 1.54) is 13.2 Å². The lowest BCUT2D eigenvalue weighted by molar-refractivity contribution is -0.141. The van der Waals surface area contributed by atoms with Crippen LogP contribution in [0.3, 0.4) is 0 Å². The number of halogens is 3. The van der Waals surface area contributed by atoms with Gasteiger partial charge < -0.3 is 4.74 Å². The number of nitrogens with zero attached hydrogens (tertiary/aromatic N) is 4. The molecule has 4 rings (SSSR count). The van der Waals surface area contributed by atoms with Gasteiger partial charge in [-0.2, -0.15) is 23.5 Å². The summed E-state index contributed by atoms with van der Waals surface area (Å²) >= 11 is 1.01. The molecule has 0 amide bonds. The smallest absolute Gasteiger partial charge is 0.433 e. The molecule has 10 heteroatoms. The van der Waals surface area contributed by atoms with Crippen LogP contribution in [0.25, 0.3) is 17.2 Å². The zero-order valence-electron chi connectivity index (χ0n) is 22.0. The molecule has 0 bridgehead atoms. The van der Waals surface area contributed by atoms with Crippen LogP contribution in [0.5, 0.6) is 5.75 Å². The molecule has 2 aromatic heterocycles. The summed E-state index contributed by atoms with van der Waals surface area (Å²) < 4.78 is 48.4. The summed E-state index contributed by atoms with van der Waals surface area (Å²) in [5.74, 6) is 0.507. The van der Waals surface area contributed by atoms with Crippen LogP contribution in [0.15, 0.2) is 71.9 Å². The number of aromatic nitrogens is 3. The Labute approximate surface area is 234 Å². The van der Waals surface area contributed by atoms with Gasteiger partial charge in [0, 0.05) is 29.1 Å². The predicted molar refractivity (Wildman–Crippen MR) is 148 cm³/mol. The molecule has 0 radical (unpaired) electrons. The third kappa shape index (κ3) is 6.26. The summed E-state index contributed by atoms with van der Waals surface area (Å²) in [4.78, 5) is 16.5. The maximum Gasteiger partial charge on any atom is 0.433 e. The molecule has 6 nitrogen and oxygen atoms in total. The average molecular weight is 563 g/mol. The predicted octanol–water partition coefficient (Wildman–Crippen LogP) is 7.36. The number of aryl methyl sites for hydroxylation is 1. The standard InChI is InChI=1S/C30H25F3N4O2S/c1-4-37-19(2)25(17-35-37)26(38)12-10-20-11-13-27(39-3)22(14-20)18-40-29-24(16-34)23(21-8-6-5-7-9-21)15-28(36-29)30(31,32)33/h5-15,17H,4,18H2,1-3H3/b12-10+. The number of carbonyl (C=O) groups excluding carboxylic acids is 1. The zero-order chi connectivity index (χ0) is 28.9. The van der Waals surface area contributed by atoms with Crippen molar-refractivity contribution in [3.63, 3.8) is 0 Å². The number of ether oxygens (including phenoxy) is 1. The minimum absolute atomic E-state index is 0.0298. The largest absolute Gasteiger partial charge is 0.496 e. The van der Waals surface area contributed by atoms with Gasteiger partial charge >= 0.3 is 6.18 Å². The second-order valence-electron chi connectivity index (χ2n) is 8.73. The normalized spacial score (nSPS) is 11.5. The SMILES string of the molecule is CCn1ncc(C(=O)/C=C/c2ccc(OC)c(CSc3nc(C(F)(F)F)cc(-c4ccccc4)c3C#N)c2)c1C. The third-order valence-electron chi connectivity index (χ3n) is 6.24. The Morgan fingerprint density at radius 1 is 1.18 bits per heavy atom. The van der Waals surface area contributed by atoms with Crippen molar-refractivity contribution in [3.8, 4) is 22.9 Å². The molecule has 0 aliphatic heterocycles. The number of thioether (sulfide) groups is 1. The van der Waals surface area contributed by atoms with Gasteiger partial charge in [-0.15, -0.1) is 11.8 Å². The van der Waals surface area contributed by atoms with Crippen molar-refractivity contribution in [2.75, 3.05) is 7.11 Å². The molecule has 0 atom stereocenters. The number of hydrogen-bond acceptors (Lipinski definition) is 6. The number of benzene rings is 2. The Balaban J connectivity index is 1.65. The Morgan fingerprint density at radius 2 is 1.93 bits per heavy atom. The lowest BCUT2D eigenvalue weighted by atomic mass is 10.0. The summed E-state index contributed by atoms with van der Waals surface area (Å²) in [6, 6.07) is 16.7. The highest BCUT2D eigenvalue weighted by Crippen LogP contribution is 2.38. The van der Waals surface area contributed by atoms with Gasteiger partial charge in [0.15, 0.2) is 5.78 Å². The Morgan fingerprint density at radius 3 is 2.55 bits per heavy atom. The number of hydrogen-bond donors (Lipinski definition) is 0. The van der Waals surface area contributed by atoms with Crippen LogP contribution in [0, 0.1) is 18.3 Å². The van der Waals surface area contributed by atoms with Crippen LogP contribution in [-0.4, -0.2) is 27.7 Å². The van der Waals surface area contributed by atoms with Crippen LogP contribution in [0.2, 0.25) is 0 Å². The molecule has 0 N–H and O–H groups in total. The van der Waals surface area contributed by atoms with Gasteiger partial charge in [-0.25, -0.2) is 4.98 Å². The van der Waals surface area contributed by atoms with E-state index < -0.39 is 11.9 Å². The summed E-state index contributed by atoms with van der Waals surface area (Å²) in [5, 5.41) is 14.1. The molecule has 4 aromatic rings. The fourth-order valence-corrected chi connectivity index (χ4v) is 5.14. The van der Waals surface area contributed by atoms with Crippen molar-refractivity contribution >= 4 is 23.6 Å². The van der Waals surface area contributed by atoms with Gasteiger partial charge in [0.05, 0.1) is 24.4 Å². The number of carbonyl (C=O) groups is 1. The third-order valence-corrected chi connectivity index (χ3v) is 7.26. The van der Waals surface area contributed by atoms with E-state index in [-0.39, 0.29) is 27.7 Å². The molecular formula is C30H25F3N4O2S. The van der Waals surface area contributed by atoms with Crippen LogP contribution in [0.4, 0.5) is 13.2 Å². The van der Waals surface area contributed by atoms with Crippen molar-refractivity contribution in [2.24, 2.45) is 0 Å². The van der Waals surface area contributed by atoms with E-state index in [1.807, 2.05) is 19.9 Å². The van der Waals surface area contributed by atoms with Gasteiger partial charge in [0.25, 0.3) is 0 Å².